The molecule has 0 saturated carbocycles. The minimum Gasteiger partial charge on any atom is -0.416 e. The summed E-state index contributed by atoms with van der Waals surface area (Å²) in [5.74, 6) is 0.401. The third-order valence-corrected chi connectivity index (χ3v) is 3.92. The van der Waals surface area contributed by atoms with Gasteiger partial charge in [0.05, 0.1) is 0 Å². The topological polar surface area (TPSA) is 80.1 Å². The Bertz CT molecular complexity index is 1090. The number of nitrogens with one attached hydrogen (secondary N) is 2. The van der Waals surface area contributed by atoms with Crippen LogP contribution in [0.1, 0.15) is 0 Å². The van der Waals surface area contributed by atoms with Crippen molar-refractivity contribution in [3.8, 4) is 22.9 Å². The molecular weight excluding hydrogens is 359 g/mol. The van der Waals surface area contributed by atoms with Gasteiger partial charge in [-0.15, -0.1) is 10.2 Å². The first-order valence-electron chi connectivity index (χ1n) is 8.50. The van der Waals surface area contributed by atoms with Crippen LogP contribution in [0.3, 0.4) is 0 Å². The van der Waals surface area contributed by atoms with Crippen molar-refractivity contribution in [3.63, 3.8) is 0 Å². The van der Waals surface area contributed by atoms with Crippen molar-refractivity contribution >= 4 is 17.4 Å². The Kier molecular flexibility index (Phi) is 4.79. The number of anilines is 2. The second kappa shape index (κ2) is 7.71. The Labute approximate surface area is 160 Å². The second-order valence-electron chi connectivity index (χ2n) is 5.95. The number of nitrogens with zero attached hydrogens (tertiary/aromatic N) is 2. The van der Waals surface area contributed by atoms with E-state index in [1.807, 2.05) is 30.3 Å². The minimum atomic E-state index is -0.470. The summed E-state index contributed by atoms with van der Waals surface area (Å²) in [5.41, 5.74) is 2.51. The summed E-state index contributed by atoms with van der Waals surface area (Å²) in [6, 6.07) is 21.6. The smallest absolute Gasteiger partial charge is 0.323 e. The van der Waals surface area contributed by atoms with Gasteiger partial charge in [0.25, 0.3) is 0 Å². The third kappa shape index (κ3) is 4.04. The van der Waals surface area contributed by atoms with Crippen LogP contribution in [-0.2, 0) is 0 Å². The number of hydrogen-bond donors (Lipinski definition) is 2. The first-order chi connectivity index (χ1) is 13.7. The average Bonchev–Trinajstić information content (AvgIpc) is 3.19. The van der Waals surface area contributed by atoms with Crippen LogP contribution in [-0.4, -0.2) is 16.2 Å². The molecule has 4 aromatic rings. The summed E-state index contributed by atoms with van der Waals surface area (Å²) in [6.07, 6.45) is 0. The quantitative estimate of drug-likeness (QED) is 0.515. The van der Waals surface area contributed by atoms with Crippen LogP contribution in [0.25, 0.3) is 22.9 Å². The van der Waals surface area contributed by atoms with Crippen molar-refractivity contribution in [1.29, 1.82) is 0 Å². The van der Waals surface area contributed by atoms with E-state index >= 15 is 0 Å². The number of urea groups is 1. The lowest BCUT2D eigenvalue weighted by atomic mass is 10.2. The van der Waals surface area contributed by atoms with Gasteiger partial charge in [-0.05, 0) is 54.6 Å². The van der Waals surface area contributed by atoms with Crippen LogP contribution in [0, 0.1) is 5.82 Å². The standard InChI is InChI=1S/C21H15FN4O2/c22-16-7-4-8-18(13-16)24-21(27)23-17-11-9-15(10-12-17)20-26-25-19(28-20)14-5-2-1-3-6-14/h1-13H,(H2,23,24,27). The highest BCUT2D eigenvalue weighted by Crippen LogP contribution is 2.24. The number of hydrogen-bond acceptors (Lipinski definition) is 4. The zero-order chi connectivity index (χ0) is 19.3. The molecule has 0 aliphatic carbocycles. The molecule has 0 radical (unpaired) electrons. The maximum absolute atomic E-state index is 13.2. The molecule has 0 aliphatic heterocycles. The van der Waals surface area contributed by atoms with E-state index in [-0.39, 0.29) is 0 Å². The third-order valence-electron chi connectivity index (χ3n) is 3.92. The van der Waals surface area contributed by atoms with Gasteiger partial charge in [0.2, 0.25) is 11.8 Å². The van der Waals surface area contributed by atoms with E-state index in [1.165, 1.54) is 18.2 Å². The molecule has 0 spiro atoms. The van der Waals surface area contributed by atoms with Gasteiger partial charge in [-0.25, -0.2) is 9.18 Å². The predicted molar refractivity (Wildman–Crippen MR) is 104 cm³/mol. The zero-order valence-electron chi connectivity index (χ0n) is 14.6. The van der Waals surface area contributed by atoms with Crippen molar-refractivity contribution in [3.05, 3.63) is 84.7 Å². The van der Waals surface area contributed by atoms with Gasteiger partial charge in [-0.1, -0.05) is 24.3 Å². The van der Waals surface area contributed by atoms with E-state index in [4.69, 9.17) is 4.42 Å². The van der Waals surface area contributed by atoms with Crippen LogP contribution < -0.4 is 10.6 Å². The Morgan fingerprint density at radius 1 is 0.750 bits per heavy atom. The summed E-state index contributed by atoms with van der Waals surface area (Å²) in [6.45, 7) is 0. The van der Waals surface area contributed by atoms with Crippen molar-refractivity contribution in [2.45, 2.75) is 0 Å². The van der Waals surface area contributed by atoms with Crippen LogP contribution in [0.5, 0.6) is 0 Å². The van der Waals surface area contributed by atoms with E-state index in [1.54, 1.807) is 30.3 Å². The summed E-state index contributed by atoms with van der Waals surface area (Å²) in [5, 5.41) is 13.4. The molecule has 0 atom stereocenters. The lowest BCUT2D eigenvalue weighted by Gasteiger charge is -2.08. The van der Waals surface area contributed by atoms with E-state index in [0.717, 1.165) is 11.1 Å². The summed E-state index contributed by atoms with van der Waals surface area (Å²) >= 11 is 0. The highest BCUT2D eigenvalue weighted by atomic mass is 19.1. The molecule has 0 aliphatic rings. The van der Waals surface area contributed by atoms with Crippen LogP contribution in [0.4, 0.5) is 20.6 Å². The van der Waals surface area contributed by atoms with Gasteiger partial charge >= 0.3 is 6.03 Å². The first-order valence-corrected chi connectivity index (χ1v) is 8.50. The lowest BCUT2D eigenvalue weighted by molar-refractivity contribution is 0.262. The number of benzene rings is 3. The van der Waals surface area contributed by atoms with Gasteiger partial charge in [-0.3, -0.25) is 0 Å². The van der Waals surface area contributed by atoms with Crippen molar-refractivity contribution in [2.24, 2.45) is 0 Å². The number of aromatic nitrogens is 2. The molecule has 0 unspecified atom stereocenters. The zero-order valence-corrected chi connectivity index (χ0v) is 14.6. The highest BCUT2D eigenvalue weighted by molar-refractivity contribution is 5.99. The summed E-state index contributed by atoms with van der Waals surface area (Å²) in [4.78, 5) is 12.0. The molecule has 6 nitrogen and oxygen atoms in total. The number of carbonyl (C=O) groups is 1. The van der Waals surface area contributed by atoms with E-state index in [0.29, 0.717) is 23.2 Å². The SMILES string of the molecule is O=C(Nc1ccc(-c2nnc(-c3ccccc3)o2)cc1)Nc1cccc(F)c1. The Morgan fingerprint density at radius 2 is 1.39 bits per heavy atom. The maximum Gasteiger partial charge on any atom is 0.323 e. The average molecular weight is 374 g/mol. The van der Waals surface area contributed by atoms with Crippen molar-refractivity contribution < 1.29 is 13.6 Å². The van der Waals surface area contributed by atoms with Gasteiger partial charge in [0, 0.05) is 22.5 Å². The number of rotatable bonds is 4. The molecular formula is C21H15FN4O2. The minimum absolute atomic E-state index is 0.369. The van der Waals surface area contributed by atoms with Crippen LogP contribution >= 0.6 is 0 Å². The monoisotopic (exact) mass is 374 g/mol. The van der Waals surface area contributed by atoms with Crippen molar-refractivity contribution in [2.75, 3.05) is 10.6 Å². The fourth-order valence-electron chi connectivity index (χ4n) is 2.59. The molecule has 1 heterocycles. The lowest BCUT2D eigenvalue weighted by Crippen LogP contribution is -2.19. The van der Waals surface area contributed by atoms with Crippen LogP contribution in [0.2, 0.25) is 0 Å². The van der Waals surface area contributed by atoms with E-state index in [2.05, 4.69) is 20.8 Å². The highest BCUT2D eigenvalue weighted by Gasteiger charge is 2.10. The molecule has 0 saturated heterocycles. The normalized spacial score (nSPS) is 10.5. The Morgan fingerprint density at radius 3 is 2.07 bits per heavy atom. The fourth-order valence-corrected chi connectivity index (χ4v) is 2.59. The van der Waals surface area contributed by atoms with Gasteiger partial charge < -0.3 is 15.1 Å². The Balaban J connectivity index is 1.43. The molecule has 0 fully saturated rings. The Hall–Kier alpha value is -4.00. The summed E-state index contributed by atoms with van der Waals surface area (Å²) in [7, 11) is 0. The first kappa shape index (κ1) is 17.4. The molecule has 4 rings (SSSR count). The molecule has 28 heavy (non-hydrogen) atoms. The fraction of sp³-hybridized carbons (Fsp3) is 0. The maximum atomic E-state index is 13.2. The number of carbonyl (C=O) groups excluding carboxylic acids is 1. The number of amides is 2. The summed E-state index contributed by atoms with van der Waals surface area (Å²) < 4.78 is 18.9. The molecule has 2 amide bonds. The van der Waals surface area contributed by atoms with Crippen LogP contribution in [0.15, 0.2) is 83.3 Å². The van der Waals surface area contributed by atoms with Gasteiger partial charge in [0.15, 0.2) is 0 Å². The second-order valence-corrected chi connectivity index (χ2v) is 5.95. The van der Waals surface area contributed by atoms with Gasteiger partial charge in [-0.2, -0.15) is 0 Å². The molecule has 3 aromatic carbocycles. The molecule has 0 bridgehead atoms. The number of halogens is 1. The molecule has 138 valence electrons. The molecule has 7 heteroatoms. The molecule has 1 aromatic heterocycles. The predicted octanol–water partition coefficient (Wildman–Crippen LogP) is 5.19. The van der Waals surface area contributed by atoms with E-state index < -0.39 is 11.8 Å². The largest absolute Gasteiger partial charge is 0.416 e. The van der Waals surface area contributed by atoms with E-state index in [9.17, 15) is 9.18 Å². The molecule has 2 N–H and O–H groups in total. The van der Waals surface area contributed by atoms with Gasteiger partial charge in [0.1, 0.15) is 5.82 Å². The van der Waals surface area contributed by atoms with Crippen molar-refractivity contribution in [1.82, 2.24) is 10.2 Å².